The highest BCUT2D eigenvalue weighted by Gasteiger charge is 2.25. The minimum absolute atomic E-state index is 0.149. The number of carbonyl (C=O) groups excluding carboxylic acids is 2. The van der Waals surface area contributed by atoms with Crippen LogP contribution in [0.3, 0.4) is 0 Å². The second-order valence-corrected chi connectivity index (χ2v) is 6.10. The minimum atomic E-state index is -0.618. The number of likely N-dealkylation sites (N-methyl/N-ethyl adjacent to an activating group) is 1. The first-order chi connectivity index (χ1) is 11.9. The first-order valence-electron chi connectivity index (χ1n) is 8.21. The molecular weight excluding hydrogens is 319 g/mol. The van der Waals surface area contributed by atoms with E-state index in [4.69, 9.17) is 0 Å². The van der Waals surface area contributed by atoms with Gasteiger partial charge in [0, 0.05) is 13.6 Å². The largest absolute Gasteiger partial charge is 0.357 e. The van der Waals surface area contributed by atoms with E-state index < -0.39 is 6.04 Å². The zero-order valence-corrected chi connectivity index (χ0v) is 14.8. The summed E-state index contributed by atoms with van der Waals surface area (Å²) in [6.07, 6.45) is 0.211. The molecule has 5 heteroatoms. The van der Waals surface area contributed by atoms with Gasteiger partial charge in [-0.2, -0.15) is 0 Å². The third kappa shape index (κ3) is 5.14. The molecule has 0 saturated heterocycles. The molecule has 0 aliphatic carbocycles. The summed E-state index contributed by atoms with van der Waals surface area (Å²) in [5, 5.41) is 2.57. The van der Waals surface area contributed by atoms with Crippen molar-refractivity contribution in [2.24, 2.45) is 0 Å². The Hall–Kier alpha value is -2.69. The third-order valence-corrected chi connectivity index (χ3v) is 4.16. The standard InChI is InChI=1S/C20H23FN2O2/c1-14-4-6-16(7-5-14)12-19(24)23(15(2)20(25)22-3)13-17-8-10-18(21)11-9-17/h4-11,15H,12-13H2,1-3H3,(H,22,25). The third-order valence-electron chi connectivity index (χ3n) is 4.16. The van der Waals surface area contributed by atoms with Crippen molar-refractivity contribution >= 4 is 11.8 Å². The summed E-state index contributed by atoms with van der Waals surface area (Å²) >= 11 is 0. The van der Waals surface area contributed by atoms with Crippen LogP contribution in [0.4, 0.5) is 4.39 Å². The van der Waals surface area contributed by atoms with Crippen LogP contribution in [0.15, 0.2) is 48.5 Å². The number of hydrogen-bond acceptors (Lipinski definition) is 2. The summed E-state index contributed by atoms with van der Waals surface area (Å²) < 4.78 is 13.1. The lowest BCUT2D eigenvalue weighted by molar-refractivity contribution is -0.139. The molecule has 0 aromatic heterocycles. The van der Waals surface area contributed by atoms with Gasteiger partial charge in [-0.1, -0.05) is 42.0 Å². The van der Waals surface area contributed by atoms with Crippen LogP contribution in [0.2, 0.25) is 0 Å². The van der Waals surface area contributed by atoms with Gasteiger partial charge in [0.15, 0.2) is 0 Å². The van der Waals surface area contributed by atoms with Crippen LogP contribution < -0.4 is 5.32 Å². The Morgan fingerprint density at radius 3 is 2.16 bits per heavy atom. The average Bonchev–Trinajstić information content (AvgIpc) is 2.61. The second-order valence-electron chi connectivity index (χ2n) is 6.10. The van der Waals surface area contributed by atoms with Gasteiger partial charge in [0.2, 0.25) is 11.8 Å². The smallest absolute Gasteiger partial charge is 0.242 e. The number of rotatable bonds is 6. The number of benzene rings is 2. The number of amides is 2. The van der Waals surface area contributed by atoms with E-state index in [1.54, 1.807) is 26.1 Å². The molecule has 1 N–H and O–H groups in total. The molecule has 4 nitrogen and oxygen atoms in total. The molecule has 0 fully saturated rings. The lowest BCUT2D eigenvalue weighted by Gasteiger charge is -2.28. The Morgan fingerprint density at radius 1 is 1.04 bits per heavy atom. The topological polar surface area (TPSA) is 49.4 Å². The normalized spacial score (nSPS) is 11.7. The van der Waals surface area contributed by atoms with Gasteiger partial charge in [0.1, 0.15) is 11.9 Å². The number of hydrogen-bond donors (Lipinski definition) is 1. The fourth-order valence-electron chi connectivity index (χ4n) is 2.56. The highest BCUT2D eigenvalue weighted by atomic mass is 19.1. The molecule has 0 saturated carbocycles. The van der Waals surface area contributed by atoms with E-state index in [0.717, 1.165) is 16.7 Å². The first-order valence-corrected chi connectivity index (χ1v) is 8.21. The fourth-order valence-corrected chi connectivity index (χ4v) is 2.56. The molecule has 132 valence electrons. The lowest BCUT2D eigenvalue weighted by atomic mass is 10.1. The quantitative estimate of drug-likeness (QED) is 0.878. The molecule has 0 radical (unpaired) electrons. The van der Waals surface area contributed by atoms with Gasteiger partial charge in [-0.15, -0.1) is 0 Å². The van der Waals surface area contributed by atoms with Crippen molar-refractivity contribution in [2.75, 3.05) is 7.05 Å². The Bertz CT molecular complexity index is 726. The highest BCUT2D eigenvalue weighted by molar-refractivity contribution is 5.88. The monoisotopic (exact) mass is 342 g/mol. The van der Waals surface area contributed by atoms with Gasteiger partial charge in [-0.25, -0.2) is 4.39 Å². The molecule has 2 aromatic carbocycles. The van der Waals surface area contributed by atoms with Crippen LogP contribution in [-0.4, -0.2) is 29.8 Å². The number of aryl methyl sites for hydroxylation is 1. The second kappa shape index (κ2) is 8.42. The van der Waals surface area contributed by atoms with E-state index >= 15 is 0 Å². The van der Waals surface area contributed by atoms with E-state index in [9.17, 15) is 14.0 Å². The first kappa shape index (κ1) is 18.6. The van der Waals surface area contributed by atoms with Crippen LogP contribution in [0, 0.1) is 12.7 Å². The Balaban J connectivity index is 2.20. The molecule has 0 aliphatic rings. The van der Waals surface area contributed by atoms with Crippen molar-refractivity contribution in [1.29, 1.82) is 0 Å². The van der Waals surface area contributed by atoms with Crippen LogP contribution in [0.25, 0.3) is 0 Å². The van der Waals surface area contributed by atoms with Crippen molar-refractivity contribution < 1.29 is 14.0 Å². The van der Waals surface area contributed by atoms with Gasteiger partial charge in [0.05, 0.1) is 6.42 Å². The van der Waals surface area contributed by atoms with Crippen molar-refractivity contribution in [3.8, 4) is 0 Å². The van der Waals surface area contributed by atoms with Crippen LogP contribution in [0.1, 0.15) is 23.6 Å². The van der Waals surface area contributed by atoms with Crippen LogP contribution >= 0.6 is 0 Å². The summed E-state index contributed by atoms with van der Waals surface area (Å²) in [7, 11) is 1.54. The van der Waals surface area contributed by atoms with E-state index in [-0.39, 0.29) is 30.6 Å². The molecule has 2 rings (SSSR count). The maximum absolute atomic E-state index is 13.1. The van der Waals surface area contributed by atoms with E-state index in [0.29, 0.717) is 0 Å². The molecule has 0 bridgehead atoms. The Morgan fingerprint density at radius 2 is 1.60 bits per heavy atom. The molecule has 25 heavy (non-hydrogen) atoms. The van der Waals surface area contributed by atoms with Gasteiger partial charge < -0.3 is 10.2 Å². The predicted octanol–water partition coefficient (Wildman–Crippen LogP) is 2.84. The minimum Gasteiger partial charge on any atom is -0.357 e. The number of halogens is 1. The average molecular weight is 342 g/mol. The number of carbonyl (C=O) groups is 2. The van der Waals surface area contributed by atoms with Gasteiger partial charge >= 0.3 is 0 Å². The maximum Gasteiger partial charge on any atom is 0.242 e. The molecule has 0 aliphatic heterocycles. The Kier molecular flexibility index (Phi) is 6.28. The fraction of sp³-hybridized carbons (Fsp3) is 0.300. The van der Waals surface area contributed by atoms with Crippen LogP contribution in [-0.2, 0) is 22.6 Å². The van der Waals surface area contributed by atoms with Crippen molar-refractivity contribution in [2.45, 2.75) is 32.9 Å². The molecule has 1 atom stereocenters. The molecule has 1 unspecified atom stereocenters. The maximum atomic E-state index is 13.1. The molecule has 2 aromatic rings. The molecule has 2 amide bonds. The van der Waals surface area contributed by atoms with Gasteiger partial charge in [-0.05, 0) is 37.1 Å². The van der Waals surface area contributed by atoms with Gasteiger partial charge in [0.25, 0.3) is 0 Å². The van der Waals surface area contributed by atoms with E-state index in [1.807, 2.05) is 31.2 Å². The van der Waals surface area contributed by atoms with Crippen molar-refractivity contribution in [1.82, 2.24) is 10.2 Å². The molecular formula is C20H23FN2O2. The summed E-state index contributed by atoms with van der Waals surface area (Å²) in [4.78, 5) is 26.4. The summed E-state index contributed by atoms with van der Waals surface area (Å²) in [5.41, 5.74) is 2.79. The van der Waals surface area contributed by atoms with Gasteiger partial charge in [-0.3, -0.25) is 9.59 Å². The zero-order chi connectivity index (χ0) is 18.4. The number of nitrogens with zero attached hydrogens (tertiary/aromatic N) is 1. The van der Waals surface area contributed by atoms with Crippen molar-refractivity contribution in [3.05, 3.63) is 71.0 Å². The highest BCUT2D eigenvalue weighted by Crippen LogP contribution is 2.13. The zero-order valence-electron chi connectivity index (χ0n) is 14.8. The SMILES string of the molecule is CNC(=O)C(C)N(Cc1ccc(F)cc1)C(=O)Cc1ccc(C)cc1. The Labute approximate surface area is 147 Å². The van der Waals surface area contributed by atoms with E-state index in [1.165, 1.54) is 17.0 Å². The predicted molar refractivity (Wildman–Crippen MR) is 95.4 cm³/mol. The number of nitrogens with one attached hydrogen (secondary N) is 1. The summed E-state index contributed by atoms with van der Waals surface area (Å²) in [6.45, 7) is 3.93. The van der Waals surface area contributed by atoms with Crippen molar-refractivity contribution in [3.63, 3.8) is 0 Å². The van der Waals surface area contributed by atoms with E-state index in [2.05, 4.69) is 5.32 Å². The summed E-state index contributed by atoms with van der Waals surface area (Å²) in [6, 6.07) is 13.1. The lowest BCUT2D eigenvalue weighted by Crippen LogP contribution is -2.47. The molecule has 0 spiro atoms. The summed E-state index contributed by atoms with van der Waals surface area (Å²) in [5.74, 6) is -0.718. The molecule has 0 heterocycles. The van der Waals surface area contributed by atoms with Crippen LogP contribution in [0.5, 0.6) is 0 Å².